The van der Waals surface area contributed by atoms with E-state index in [4.69, 9.17) is 5.11 Å². The van der Waals surface area contributed by atoms with Gasteiger partial charge in [0.15, 0.2) is 0 Å². The zero-order chi connectivity index (χ0) is 14.6. The minimum absolute atomic E-state index is 0.114. The standard InChI is InChI=1S/C15H19N3O2/c1-15(2,11-19)17-14(20)13-8-16-18(10-13)9-12-6-4-3-5-7-12/h3-8,10,19H,9,11H2,1-2H3,(H,17,20). The first kappa shape index (κ1) is 14.3. The molecule has 5 nitrogen and oxygen atoms in total. The van der Waals surface area contributed by atoms with Crippen LogP contribution in [0.25, 0.3) is 0 Å². The van der Waals surface area contributed by atoms with Gasteiger partial charge >= 0.3 is 0 Å². The number of aliphatic hydroxyl groups excluding tert-OH is 1. The van der Waals surface area contributed by atoms with Crippen molar-refractivity contribution in [3.05, 3.63) is 53.9 Å². The lowest BCUT2D eigenvalue weighted by atomic mass is 10.1. The summed E-state index contributed by atoms with van der Waals surface area (Å²) in [6, 6.07) is 9.92. The van der Waals surface area contributed by atoms with Gasteiger partial charge in [-0.2, -0.15) is 5.10 Å². The maximum Gasteiger partial charge on any atom is 0.254 e. The van der Waals surface area contributed by atoms with Gasteiger partial charge in [-0.3, -0.25) is 9.48 Å². The number of carbonyl (C=O) groups is 1. The largest absolute Gasteiger partial charge is 0.394 e. The van der Waals surface area contributed by atoms with Gasteiger partial charge in [0.05, 0.1) is 30.5 Å². The molecular formula is C15H19N3O2. The molecule has 0 saturated heterocycles. The van der Waals surface area contributed by atoms with Crippen molar-refractivity contribution in [1.82, 2.24) is 15.1 Å². The molecule has 0 spiro atoms. The van der Waals surface area contributed by atoms with E-state index in [2.05, 4.69) is 10.4 Å². The highest BCUT2D eigenvalue weighted by Crippen LogP contribution is 2.06. The van der Waals surface area contributed by atoms with Crippen LogP contribution in [0.4, 0.5) is 0 Å². The van der Waals surface area contributed by atoms with E-state index in [1.54, 1.807) is 24.7 Å². The second-order valence-corrected chi connectivity index (χ2v) is 5.41. The number of aromatic nitrogens is 2. The summed E-state index contributed by atoms with van der Waals surface area (Å²) in [5.74, 6) is -0.233. The Morgan fingerprint density at radius 2 is 2.05 bits per heavy atom. The second-order valence-electron chi connectivity index (χ2n) is 5.41. The molecule has 2 rings (SSSR count). The Labute approximate surface area is 118 Å². The number of rotatable bonds is 5. The van der Waals surface area contributed by atoms with Crippen molar-refractivity contribution in [1.29, 1.82) is 0 Å². The third-order valence-electron chi connectivity index (χ3n) is 2.93. The summed E-state index contributed by atoms with van der Waals surface area (Å²) in [5.41, 5.74) is 0.971. The SMILES string of the molecule is CC(C)(CO)NC(=O)c1cnn(Cc2ccccc2)c1. The first-order valence-electron chi connectivity index (χ1n) is 6.50. The predicted octanol–water partition coefficient (Wildman–Crippen LogP) is 1.43. The molecule has 5 heteroatoms. The van der Waals surface area contributed by atoms with Gasteiger partial charge in [-0.1, -0.05) is 30.3 Å². The fourth-order valence-corrected chi connectivity index (χ4v) is 1.76. The van der Waals surface area contributed by atoms with Crippen molar-refractivity contribution < 1.29 is 9.90 Å². The summed E-state index contributed by atoms with van der Waals surface area (Å²) in [5, 5.41) is 16.1. The quantitative estimate of drug-likeness (QED) is 0.866. The van der Waals surface area contributed by atoms with E-state index in [0.717, 1.165) is 5.56 Å². The molecule has 0 fully saturated rings. The van der Waals surface area contributed by atoms with Crippen molar-refractivity contribution in [2.24, 2.45) is 0 Å². The van der Waals surface area contributed by atoms with Gasteiger partial charge in [-0.05, 0) is 19.4 Å². The van der Waals surface area contributed by atoms with E-state index >= 15 is 0 Å². The van der Waals surface area contributed by atoms with Crippen LogP contribution in [0.5, 0.6) is 0 Å². The molecule has 1 amide bonds. The molecule has 0 atom stereocenters. The van der Waals surface area contributed by atoms with Crippen LogP contribution in [0.15, 0.2) is 42.7 Å². The third kappa shape index (κ3) is 3.68. The number of nitrogens with zero attached hydrogens (tertiary/aromatic N) is 2. The number of hydrogen-bond acceptors (Lipinski definition) is 3. The van der Waals surface area contributed by atoms with Crippen LogP contribution in [0, 0.1) is 0 Å². The monoisotopic (exact) mass is 273 g/mol. The number of hydrogen-bond donors (Lipinski definition) is 2. The molecule has 0 aliphatic heterocycles. The van der Waals surface area contributed by atoms with Gasteiger partial charge < -0.3 is 10.4 Å². The van der Waals surface area contributed by atoms with Gasteiger partial charge in [0, 0.05) is 6.20 Å². The molecule has 2 aromatic rings. The molecule has 2 N–H and O–H groups in total. The topological polar surface area (TPSA) is 67.2 Å². The summed E-state index contributed by atoms with van der Waals surface area (Å²) in [6.07, 6.45) is 3.24. The minimum Gasteiger partial charge on any atom is -0.394 e. The number of aliphatic hydroxyl groups is 1. The molecular weight excluding hydrogens is 254 g/mol. The van der Waals surface area contributed by atoms with Gasteiger partial charge in [-0.15, -0.1) is 0 Å². The molecule has 1 aromatic carbocycles. The van der Waals surface area contributed by atoms with Gasteiger partial charge in [0.25, 0.3) is 5.91 Å². The van der Waals surface area contributed by atoms with Gasteiger partial charge in [0.1, 0.15) is 0 Å². The van der Waals surface area contributed by atoms with E-state index in [-0.39, 0.29) is 12.5 Å². The van der Waals surface area contributed by atoms with Gasteiger partial charge in [-0.25, -0.2) is 0 Å². The normalized spacial score (nSPS) is 11.3. The maximum absolute atomic E-state index is 12.0. The van der Waals surface area contributed by atoms with E-state index in [9.17, 15) is 4.79 Å². The van der Waals surface area contributed by atoms with Crippen LogP contribution in [0.2, 0.25) is 0 Å². The third-order valence-corrected chi connectivity index (χ3v) is 2.93. The number of benzene rings is 1. The van der Waals surface area contributed by atoms with Crippen molar-refractivity contribution in [2.75, 3.05) is 6.61 Å². The second kappa shape index (κ2) is 5.88. The van der Waals surface area contributed by atoms with Crippen LogP contribution in [0.3, 0.4) is 0 Å². The van der Waals surface area contributed by atoms with Crippen LogP contribution in [-0.4, -0.2) is 32.9 Å². The minimum atomic E-state index is -0.640. The van der Waals surface area contributed by atoms with Crippen molar-refractivity contribution in [3.63, 3.8) is 0 Å². The fourth-order valence-electron chi connectivity index (χ4n) is 1.76. The van der Waals surface area contributed by atoms with Crippen molar-refractivity contribution in [3.8, 4) is 0 Å². The van der Waals surface area contributed by atoms with Crippen LogP contribution in [-0.2, 0) is 6.54 Å². The Morgan fingerprint density at radius 1 is 1.35 bits per heavy atom. The first-order chi connectivity index (χ1) is 9.50. The van der Waals surface area contributed by atoms with Crippen molar-refractivity contribution in [2.45, 2.75) is 25.9 Å². The fraction of sp³-hybridized carbons (Fsp3) is 0.333. The lowest BCUT2D eigenvalue weighted by Crippen LogP contribution is -2.46. The zero-order valence-corrected chi connectivity index (χ0v) is 11.7. The molecule has 0 aliphatic carbocycles. The molecule has 0 aliphatic rings. The average molecular weight is 273 g/mol. The summed E-state index contributed by atoms with van der Waals surface area (Å²) in [6.45, 7) is 4.03. The highest BCUT2D eigenvalue weighted by molar-refractivity contribution is 5.94. The highest BCUT2D eigenvalue weighted by Gasteiger charge is 2.20. The molecule has 0 bridgehead atoms. The van der Waals surface area contributed by atoms with E-state index < -0.39 is 5.54 Å². The van der Waals surface area contributed by atoms with Crippen molar-refractivity contribution >= 4 is 5.91 Å². The molecule has 106 valence electrons. The van der Waals surface area contributed by atoms with E-state index in [0.29, 0.717) is 12.1 Å². The van der Waals surface area contributed by atoms with Gasteiger partial charge in [0.2, 0.25) is 0 Å². The van der Waals surface area contributed by atoms with Crippen LogP contribution >= 0.6 is 0 Å². The Kier molecular flexibility index (Phi) is 4.20. The van der Waals surface area contributed by atoms with E-state index in [1.807, 2.05) is 30.3 Å². The molecule has 1 aromatic heterocycles. The van der Waals surface area contributed by atoms with E-state index in [1.165, 1.54) is 6.20 Å². The Morgan fingerprint density at radius 3 is 2.70 bits per heavy atom. The number of nitrogens with one attached hydrogen (secondary N) is 1. The molecule has 0 saturated carbocycles. The molecule has 20 heavy (non-hydrogen) atoms. The Balaban J connectivity index is 2.04. The molecule has 0 radical (unpaired) electrons. The summed E-state index contributed by atoms with van der Waals surface area (Å²) in [4.78, 5) is 12.0. The number of carbonyl (C=O) groups excluding carboxylic acids is 1. The average Bonchev–Trinajstić information content (AvgIpc) is 2.88. The predicted molar refractivity (Wildman–Crippen MR) is 76.4 cm³/mol. The summed E-state index contributed by atoms with van der Waals surface area (Å²) < 4.78 is 1.72. The summed E-state index contributed by atoms with van der Waals surface area (Å²) in [7, 11) is 0. The Bertz CT molecular complexity index is 576. The molecule has 0 unspecified atom stereocenters. The molecule has 1 heterocycles. The lowest BCUT2D eigenvalue weighted by molar-refractivity contribution is 0.0869. The maximum atomic E-state index is 12.0. The number of amides is 1. The zero-order valence-electron chi connectivity index (χ0n) is 11.7. The Hall–Kier alpha value is -2.14. The van der Waals surface area contributed by atoms with Crippen LogP contribution < -0.4 is 5.32 Å². The summed E-state index contributed by atoms with van der Waals surface area (Å²) >= 11 is 0. The van der Waals surface area contributed by atoms with Crippen LogP contribution in [0.1, 0.15) is 29.8 Å². The first-order valence-corrected chi connectivity index (χ1v) is 6.50. The lowest BCUT2D eigenvalue weighted by Gasteiger charge is -2.22. The smallest absolute Gasteiger partial charge is 0.254 e. The highest BCUT2D eigenvalue weighted by atomic mass is 16.3.